The summed E-state index contributed by atoms with van der Waals surface area (Å²) in [4.78, 5) is 16.8. The number of pyridine rings is 1. The van der Waals surface area contributed by atoms with Gasteiger partial charge in [-0.25, -0.2) is 4.98 Å². The van der Waals surface area contributed by atoms with E-state index in [0.29, 0.717) is 10.6 Å². The molecule has 0 aliphatic heterocycles. The number of nitrogens with zero attached hydrogens (tertiary/aromatic N) is 2. The van der Waals surface area contributed by atoms with Gasteiger partial charge in [-0.15, -0.1) is 0 Å². The highest BCUT2D eigenvalue weighted by atomic mass is 32.2. The van der Waals surface area contributed by atoms with Crippen LogP contribution in [-0.2, 0) is 4.79 Å². The van der Waals surface area contributed by atoms with Crippen molar-refractivity contribution in [1.29, 1.82) is 5.26 Å². The van der Waals surface area contributed by atoms with Crippen LogP contribution in [0.2, 0.25) is 0 Å². The Bertz CT molecular complexity index is 978. The number of fused-ring (bicyclic) bond motifs is 1. The van der Waals surface area contributed by atoms with Gasteiger partial charge in [-0.05, 0) is 43.2 Å². The van der Waals surface area contributed by atoms with E-state index in [1.165, 1.54) is 11.8 Å². The fraction of sp³-hybridized carbons (Fsp3) is 0.150. The molecule has 0 spiro atoms. The highest BCUT2D eigenvalue weighted by molar-refractivity contribution is 8.00. The van der Waals surface area contributed by atoms with Crippen molar-refractivity contribution in [3.8, 4) is 6.07 Å². The van der Waals surface area contributed by atoms with Gasteiger partial charge in [0.25, 0.3) is 0 Å². The van der Waals surface area contributed by atoms with Gasteiger partial charge in [0.1, 0.15) is 11.1 Å². The molecule has 1 heterocycles. The fourth-order valence-electron chi connectivity index (χ4n) is 2.51. The second-order valence-corrected chi connectivity index (χ2v) is 6.70. The second-order valence-electron chi connectivity index (χ2n) is 5.73. The first-order chi connectivity index (χ1) is 12.1. The standard InChI is InChI=1S/C20H17N3OS/c1-13-8-9-15-10-16(11-21)20(23-19(15)14(13)2)25-12-18(24)22-17-6-4-3-5-7-17/h3-10H,12H2,1-2H3,(H,22,24). The van der Waals surface area contributed by atoms with E-state index in [-0.39, 0.29) is 11.7 Å². The molecule has 0 radical (unpaired) electrons. The van der Waals surface area contributed by atoms with Crippen LogP contribution in [0, 0.1) is 25.2 Å². The molecular formula is C20H17N3OS. The van der Waals surface area contributed by atoms with Crippen molar-refractivity contribution in [2.75, 3.05) is 11.1 Å². The quantitative estimate of drug-likeness (QED) is 0.708. The fourth-order valence-corrected chi connectivity index (χ4v) is 3.26. The Kier molecular flexibility index (Phi) is 5.01. The molecule has 2 aromatic carbocycles. The highest BCUT2D eigenvalue weighted by Gasteiger charge is 2.12. The van der Waals surface area contributed by atoms with E-state index in [9.17, 15) is 10.1 Å². The zero-order chi connectivity index (χ0) is 17.8. The van der Waals surface area contributed by atoms with Gasteiger partial charge >= 0.3 is 0 Å². The average molecular weight is 347 g/mol. The maximum Gasteiger partial charge on any atom is 0.234 e. The number of hydrogen-bond acceptors (Lipinski definition) is 4. The van der Waals surface area contributed by atoms with Gasteiger partial charge in [0.15, 0.2) is 0 Å². The molecule has 124 valence electrons. The molecular weight excluding hydrogens is 330 g/mol. The zero-order valence-corrected chi connectivity index (χ0v) is 14.9. The number of para-hydroxylation sites is 1. The van der Waals surface area contributed by atoms with E-state index in [2.05, 4.69) is 16.4 Å². The molecule has 0 saturated carbocycles. The number of amides is 1. The Labute approximate surface area is 150 Å². The smallest absolute Gasteiger partial charge is 0.234 e. The summed E-state index contributed by atoms with van der Waals surface area (Å²) in [5.74, 6) is 0.0791. The average Bonchev–Trinajstić information content (AvgIpc) is 2.63. The Morgan fingerprint density at radius 3 is 2.68 bits per heavy atom. The number of aryl methyl sites for hydroxylation is 2. The van der Waals surface area contributed by atoms with E-state index < -0.39 is 0 Å². The van der Waals surface area contributed by atoms with Gasteiger partial charge in [-0.2, -0.15) is 5.26 Å². The van der Waals surface area contributed by atoms with Crippen molar-refractivity contribution < 1.29 is 4.79 Å². The first-order valence-corrected chi connectivity index (χ1v) is 8.86. The van der Waals surface area contributed by atoms with Crippen LogP contribution in [-0.4, -0.2) is 16.6 Å². The number of carbonyl (C=O) groups is 1. The van der Waals surface area contributed by atoms with Crippen LogP contribution in [0.15, 0.2) is 53.6 Å². The summed E-state index contributed by atoms with van der Waals surface area (Å²) in [6, 6.07) is 17.3. The topological polar surface area (TPSA) is 65.8 Å². The van der Waals surface area contributed by atoms with Crippen molar-refractivity contribution in [3.63, 3.8) is 0 Å². The molecule has 1 amide bonds. The number of nitrogens with one attached hydrogen (secondary N) is 1. The van der Waals surface area contributed by atoms with Crippen LogP contribution in [0.5, 0.6) is 0 Å². The maximum atomic E-state index is 12.1. The Balaban J connectivity index is 1.82. The Morgan fingerprint density at radius 2 is 1.96 bits per heavy atom. The molecule has 0 unspecified atom stereocenters. The first kappa shape index (κ1) is 17.0. The van der Waals surface area contributed by atoms with Crippen molar-refractivity contribution >= 4 is 34.3 Å². The highest BCUT2D eigenvalue weighted by Crippen LogP contribution is 2.27. The lowest BCUT2D eigenvalue weighted by Gasteiger charge is -2.09. The van der Waals surface area contributed by atoms with Crippen LogP contribution in [0.1, 0.15) is 16.7 Å². The third kappa shape index (κ3) is 3.81. The molecule has 0 fully saturated rings. The van der Waals surface area contributed by atoms with E-state index in [0.717, 1.165) is 27.7 Å². The van der Waals surface area contributed by atoms with E-state index in [4.69, 9.17) is 0 Å². The lowest BCUT2D eigenvalue weighted by molar-refractivity contribution is -0.113. The number of rotatable bonds is 4. The molecule has 1 N–H and O–H groups in total. The van der Waals surface area contributed by atoms with Crippen LogP contribution in [0.4, 0.5) is 5.69 Å². The van der Waals surface area contributed by atoms with Gasteiger partial charge in [0, 0.05) is 11.1 Å². The van der Waals surface area contributed by atoms with Crippen molar-refractivity contribution in [3.05, 3.63) is 65.2 Å². The molecule has 25 heavy (non-hydrogen) atoms. The van der Waals surface area contributed by atoms with Gasteiger partial charge < -0.3 is 5.32 Å². The number of aromatic nitrogens is 1. The largest absolute Gasteiger partial charge is 0.325 e. The lowest BCUT2D eigenvalue weighted by atomic mass is 10.0. The van der Waals surface area contributed by atoms with Gasteiger partial charge in [-0.3, -0.25) is 4.79 Å². The monoisotopic (exact) mass is 347 g/mol. The van der Waals surface area contributed by atoms with Crippen LogP contribution < -0.4 is 5.32 Å². The van der Waals surface area contributed by atoms with Crippen LogP contribution >= 0.6 is 11.8 Å². The van der Waals surface area contributed by atoms with E-state index in [1.807, 2.05) is 62.4 Å². The third-order valence-corrected chi connectivity index (χ3v) is 4.99. The molecule has 5 heteroatoms. The molecule has 1 aromatic heterocycles. The molecule has 4 nitrogen and oxygen atoms in total. The zero-order valence-electron chi connectivity index (χ0n) is 14.0. The number of thioether (sulfide) groups is 1. The first-order valence-electron chi connectivity index (χ1n) is 7.87. The summed E-state index contributed by atoms with van der Waals surface area (Å²) in [7, 11) is 0. The number of anilines is 1. The van der Waals surface area contributed by atoms with Gasteiger partial charge in [0.2, 0.25) is 5.91 Å². The van der Waals surface area contributed by atoms with Crippen molar-refractivity contribution in [2.45, 2.75) is 18.9 Å². The minimum atomic E-state index is -0.122. The summed E-state index contributed by atoms with van der Waals surface area (Å²) in [6.07, 6.45) is 0. The molecule has 3 aromatic rings. The van der Waals surface area contributed by atoms with Gasteiger partial charge in [0.05, 0.1) is 16.8 Å². The summed E-state index contributed by atoms with van der Waals surface area (Å²) in [5, 5.41) is 13.8. The SMILES string of the molecule is Cc1ccc2cc(C#N)c(SCC(=O)Nc3ccccc3)nc2c1C. The number of nitriles is 1. The predicted octanol–water partition coefficient (Wildman–Crippen LogP) is 4.45. The molecule has 3 rings (SSSR count). The second kappa shape index (κ2) is 7.37. The molecule has 0 aliphatic rings. The van der Waals surface area contributed by atoms with Crippen molar-refractivity contribution in [2.24, 2.45) is 0 Å². The summed E-state index contributed by atoms with van der Waals surface area (Å²) >= 11 is 1.28. The summed E-state index contributed by atoms with van der Waals surface area (Å²) < 4.78 is 0. The van der Waals surface area contributed by atoms with E-state index >= 15 is 0 Å². The minimum Gasteiger partial charge on any atom is -0.325 e. The summed E-state index contributed by atoms with van der Waals surface area (Å²) in [5.41, 5.74) is 4.38. The maximum absolute atomic E-state index is 12.1. The molecule has 0 bridgehead atoms. The Hall–Kier alpha value is -2.84. The van der Waals surface area contributed by atoms with E-state index in [1.54, 1.807) is 0 Å². The number of carbonyl (C=O) groups excluding carboxylic acids is 1. The Morgan fingerprint density at radius 1 is 1.20 bits per heavy atom. The molecule has 0 saturated heterocycles. The normalized spacial score (nSPS) is 10.4. The molecule has 0 atom stereocenters. The van der Waals surface area contributed by atoms with Crippen LogP contribution in [0.3, 0.4) is 0 Å². The number of hydrogen-bond donors (Lipinski definition) is 1. The molecule has 0 aliphatic carbocycles. The van der Waals surface area contributed by atoms with Crippen molar-refractivity contribution in [1.82, 2.24) is 4.98 Å². The van der Waals surface area contributed by atoms with Crippen LogP contribution in [0.25, 0.3) is 10.9 Å². The summed E-state index contributed by atoms with van der Waals surface area (Å²) in [6.45, 7) is 4.06. The van der Waals surface area contributed by atoms with Gasteiger partial charge in [-0.1, -0.05) is 42.1 Å². The third-order valence-electron chi connectivity index (χ3n) is 3.99. The lowest BCUT2D eigenvalue weighted by Crippen LogP contribution is -2.14. The number of benzene rings is 2. The predicted molar refractivity (Wildman–Crippen MR) is 102 cm³/mol. The minimum absolute atomic E-state index is 0.122.